The Labute approximate surface area is 156 Å². The zero-order valence-electron chi connectivity index (χ0n) is 15.3. The zero-order chi connectivity index (χ0) is 17.5. The predicted molar refractivity (Wildman–Crippen MR) is 107 cm³/mol. The summed E-state index contributed by atoms with van der Waals surface area (Å²) in [6.45, 7) is 12.3. The Bertz CT molecular complexity index is 437. The van der Waals surface area contributed by atoms with Crippen LogP contribution in [0.25, 0.3) is 0 Å². The van der Waals surface area contributed by atoms with E-state index in [1.54, 1.807) is 0 Å². The van der Waals surface area contributed by atoms with E-state index in [9.17, 15) is 0 Å². The van der Waals surface area contributed by atoms with Crippen LogP contribution in [-0.2, 0) is 19.7 Å². The summed E-state index contributed by atoms with van der Waals surface area (Å²) in [7, 11) is -2.65. The first-order valence-electron chi connectivity index (χ1n) is 8.50. The predicted octanol–water partition coefficient (Wildman–Crippen LogP) is 5.44. The Kier molecular flexibility index (Phi) is 9.29. The van der Waals surface area contributed by atoms with Crippen molar-refractivity contribution in [3.8, 4) is 0 Å². The van der Waals surface area contributed by atoms with E-state index in [2.05, 4.69) is 88.4 Å². The standard InChI is InChI=1S/C18H31IO3Si/c1-14(2)20-23(21-15(3)4,22-16(5)6)12-8-10-17-9-7-11-18(19)13-17/h7,9,11,13-16H,8,10,12H2,1-6H3. The number of aryl methyl sites for hydroxylation is 1. The van der Waals surface area contributed by atoms with Gasteiger partial charge in [-0.25, -0.2) is 0 Å². The molecule has 0 saturated carbocycles. The van der Waals surface area contributed by atoms with Crippen molar-refractivity contribution in [1.82, 2.24) is 0 Å². The van der Waals surface area contributed by atoms with Crippen molar-refractivity contribution < 1.29 is 13.3 Å². The summed E-state index contributed by atoms with van der Waals surface area (Å²) in [5.41, 5.74) is 1.36. The van der Waals surface area contributed by atoms with Crippen LogP contribution in [0.1, 0.15) is 53.5 Å². The van der Waals surface area contributed by atoms with Crippen LogP contribution in [-0.4, -0.2) is 27.1 Å². The van der Waals surface area contributed by atoms with Crippen molar-refractivity contribution in [2.24, 2.45) is 0 Å². The van der Waals surface area contributed by atoms with Gasteiger partial charge in [0.15, 0.2) is 0 Å². The van der Waals surface area contributed by atoms with Crippen LogP contribution < -0.4 is 0 Å². The smallest absolute Gasteiger partial charge is 0.371 e. The summed E-state index contributed by atoms with van der Waals surface area (Å²) in [5.74, 6) is 0. The van der Waals surface area contributed by atoms with Gasteiger partial charge in [0.2, 0.25) is 0 Å². The minimum atomic E-state index is -2.65. The molecule has 0 aliphatic rings. The van der Waals surface area contributed by atoms with Crippen molar-refractivity contribution in [3.63, 3.8) is 0 Å². The highest BCUT2D eigenvalue weighted by molar-refractivity contribution is 14.1. The van der Waals surface area contributed by atoms with E-state index in [1.807, 2.05) is 0 Å². The topological polar surface area (TPSA) is 27.7 Å². The van der Waals surface area contributed by atoms with Gasteiger partial charge in [0, 0.05) is 27.9 Å². The van der Waals surface area contributed by atoms with Crippen molar-refractivity contribution in [2.45, 2.75) is 78.7 Å². The summed E-state index contributed by atoms with van der Waals surface area (Å²) >= 11 is 2.36. The average Bonchev–Trinajstić information content (AvgIpc) is 2.35. The maximum atomic E-state index is 6.21. The van der Waals surface area contributed by atoms with Crippen molar-refractivity contribution in [2.75, 3.05) is 0 Å². The molecule has 0 fully saturated rings. The molecule has 3 nitrogen and oxygen atoms in total. The van der Waals surface area contributed by atoms with E-state index in [-0.39, 0.29) is 18.3 Å². The average molecular weight is 450 g/mol. The molecule has 0 unspecified atom stereocenters. The lowest BCUT2D eigenvalue weighted by Crippen LogP contribution is -2.50. The van der Waals surface area contributed by atoms with Gasteiger partial charge in [-0.3, -0.25) is 0 Å². The highest BCUT2D eigenvalue weighted by atomic mass is 127. The maximum Gasteiger partial charge on any atom is 0.501 e. The molecule has 0 aliphatic heterocycles. The Morgan fingerprint density at radius 2 is 1.43 bits per heavy atom. The van der Waals surface area contributed by atoms with E-state index in [0.29, 0.717) is 0 Å². The van der Waals surface area contributed by atoms with E-state index in [4.69, 9.17) is 13.3 Å². The first-order valence-corrected chi connectivity index (χ1v) is 11.5. The molecule has 132 valence electrons. The number of benzene rings is 1. The summed E-state index contributed by atoms with van der Waals surface area (Å²) in [5, 5.41) is 0. The van der Waals surface area contributed by atoms with Crippen molar-refractivity contribution in [1.29, 1.82) is 0 Å². The molecule has 0 radical (unpaired) electrons. The van der Waals surface area contributed by atoms with E-state index in [1.165, 1.54) is 9.13 Å². The van der Waals surface area contributed by atoms with Crippen LogP contribution in [0.4, 0.5) is 0 Å². The lowest BCUT2D eigenvalue weighted by molar-refractivity contribution is 0.00292. The molecule has 0 aliphatic carbocycles. The Balaban J connectivity index is 2.76. The van der Waals surface area contributed by atoms with E-state index in [0.717, 1.165) is 18.9 Å². The number of rotatable bonds is 10. The molecule has 0 bridgehead atoms. The van der Waals surface area contributed by atoms with Gasteiger partial charge < -0.3 is 13.3 Å². The van der Waals surface area contributed by atoms with Crippen LogP contribution in [0, 0.1) is 3.57 Å². The van der Waals surface area contributed by atoms with Gasteiger partial charge >= 0.3 is 8.80 Å². The van der Waals surface area contributed by atoms with Crippen molar-refractivity contribution in [3.05, 3.63) is 33.4 Å². The molecule has 0 spiro atoms. The first-order chi connectivity index (χ1) is 10.7. The second-order valence-electron chi connectivity index (χ2n) is 6.67. The normalized spacial score (nSPS) is 12.6. The van der Waals surface area contributed by atoms with Gasteiger partial charge in [0.05, 0.1) is 0 Å². The Morgan fingerprint density at radius 3 is 1.87 bits per heavy atom. The van der Waals surface area contributed by atoms with Gasteiger partial charge in [-0.15, -0.1) is 0 Å². The van der Waals surface area contributed by atoms with E-state index >= 15 is 0 Å². The quantitative estimate of drug-likeness (QED) is 0.351. The molecule has 1 aromatic carbocycles. The summed E-state index contributed by atoms with van der Waals surface area (Å²) < 4.78 is 19.9. The number of halogens is 1. The highest BCUT2D eigenvalue weighted by Gasteiger charge is 2.43. The number of hydrogen-bond acceptors (Lipinski definition) is 3. The molecule has 0 saturated heterocycles. The van der Waals surface area contributed by atoms with Gasteiger partial charge in [0.25, 0.3) is 0 Å². The van der Waals surface area contributed by atoms with Gasteiger partial charge in [-0.1, -0.05) is 12.1 Å². The van der Waals surface area contributed by atoms with Crippen molar-refractivity contribution >= 4 is 31.4 Å². The Morgan fingerprint density at radius 1 is 0.913 bits per heavy atom. The SMILES string of the molecule is CC(C)O[Si](CCCc1cccc(I)c1)(OC(C)C)OC(C)C. The van der Waals surface area contributed by atoms with Gasteiger partial charge in [0.1, 0.15) is 0 Å². The molecule has 0 N–H and O–H groups in total. The highest BCUT2D eigenvalue weighted by Crippen LogP contribution is 2.25. The molecule has 0 amide bonds. The van der Waals surface area contributed by atoms with Crippen LogP contribution >= 0.6 is 22.6 Å². The summed E-state index contributed by atoms with van der Waals surface area (Å²) in [6, 6.07) is 9.50. The summed E-state index contributed by atoms with van der Waals surface area (Å²) in [6.07, 6.45) is 2.36. The fourth-order valence-corrected chi connectivity index (χ4v) is 6.43. The third kappa shape index (κ3) is 8.63. The molecule has 0 heterocycles. The largest absolute Gasteiger partial charge is 0.501 e. The molecule has 0 aromatic heterocycles. The minimum absolute atomic E-state index is 0.108. The molecule has 5 heteroatoms. The molecular weight excluding hydrogens is 419 g/mol. The second-order valence-corrected chi connectivity index (χ2v) is 10.5. The fraction of sp³-hybridized carbons (Fsp3) is 0.667. The Hall–Kier alpha value is 0.0469. The van der Waals surface area contributed by atoms with Gasteiger partial charge in [-0.05, 0) is 94.7 Å². The number of hydrogen-bond donors (Lipinski definition) is 0. The van der Waals surface area contributed by atoms with Gasteiger partial charge in [-0.2, -0.15) is 0 Å². The fourth-order valence-electron chi connectivity index (χ4n) is 2.54. The molecular formula is C18H31IO3Si. The third-order valence-electron chi connectivity index (χ3n) is 3.08. The molecule has 1 aromatic rings. The van der Waals surface area contributed by atoms with Crippen LogP contribution in [0.5, 0.6) is 0 Å². The summed E-state index contributed by atoms with van der Waals surface area (Å²) in [4.78, 5) is 0. The monoisotopic (exact) mass is 450 g/mol. The molecule has 0 atom stereocenters. The third-order valence-corrected chi connectivity index (χ3v) is 7.21. The van der Waals surface area contributed by atoms with Crippen LogP contribution in [0.2, 0.25) is 6.04 Å². The first kappa shape index (κ1) is 21.1. The molecule has 1 rings (SSSR count). The molecule has 23 heavy (non-hydrogen) atoms. The van der Waals surface area contributed by atoms with Crippen LogP contribution in [0.3, 0.4) is 0 Å². The van der Waals surface area contributed by atoms with E-state index < -0.39 is 8.80 Å². The second kappa shape index (κ2) is 10.1. The maximum absolute atomic E-state index is 6.21. The lowest BCUT2D eigenvalue weighted by atomic mass is 10.1. The zero-order valence-corrected chi connectivity index (χ0v) is 18.4. The lowest BCUT2D eigenvalue weighted by Gasteiger charge is -2.34. The van der Waals surface area contributed by atoms with Crippen LogP contribution in [0.15, 0.2) is 24.3 Å². The minimum Gasteiger partial charge on any atom is -0.371 e.